The third-order valence-electron chi connectivity index (χ3n) is 2.10. The summed E-state index contributed by atoms with van der Waals surface area (Å²) < 4.78 is 33.2. The van der Waals surface area contributed by atoms with E-state index in [1.54, 1.807) is 6.07 Å². The maximum atomic E-state index is 12.3. The first kappa shape index (κ1) is 15.3. The van der Waals surface area contributed by atoms with Crippen molar-refractivity contribution in [3.05, 3.63) is 33.4 Å². The molecule has 0 fully saturated rings. The lowest BCUT2D eigenvalue weighted by Gasteiger charge is -2.10. The van der Waals surface area contributed by atoms with Gasteiger partial charge in [0.05, 0.1) is 23.2 Å². The van der Waals surface area contributed by atoms with Crippen LogP contribution in [0.3, 0.4) is 0 Å². The van der Waals surface area contributed by atoms with Crippen LogP contribution < -0.4 is 4.74 Å². The zero-order chi connectivity index (χ0) is 15.3. The van der Waals surface area contributed by atoms with Gasteiger partial charge < -0.3 is 9.47 Å². The number of carbonyl (C=O) groups is 1. The predicted molar refractivity (Wildman–Crippen MR) is 60.4 cm³/mol. The maximum absolute atomic E-state index is 12.3. The first-order valence-corrected chi connectivity index (χ1v) is 5.25. The van der Waals surface area contributed by atoms with Crippen molar-refractivity contribution < 1.29 is 28.0 Å². The number of nitriles is 1. The molecule has 0 aromatic heterocycles. The Labute approximate surface area is 111 Å². The molecule has 106 valence electrons. The van der Waals surface area contributed by atoms with Crippen LogP contribution in [-0.2, 0) is 4.74 Å². The molecule has 0 aliphatic carbocycles. The van der Waals surface area contributed by atoms with Crippen LogP contribution >= 0.6 is 0 Å². The molecule has 0 saturated heterocycles. The van der Waals surface area contributed by atoms with Gasteiger partial charge in [0.15, 0.2) is 0 Å². The molecule has 0 atom stereocenters. The zero-order valence-electron chi connectivity index (χ0n) is 10.1. The maximum Gasteiger partial charge on any atom is 0.387 e. The van der Waals surface area contributed by atoms with Gasteiger partial charge in [-0.05, 0) is 13.0 Å². The molecule has 0 aliphatic heterocycles. The molecule has 0 saturated carbocycles. The lowest BCUT2D eigenvalue weighted by molar-refractivity contribution is -0.386. The van der Waals surface area contributed by atoms with E-state index >= 15 is 0 Å². The van der Waals surface area contributed by atoms with Gasteiger partial charge >= 0.3 is 18.3 Å². The fraction of sp³-hybridized carbons (Fsp3) is 0.273. The average molecular weight is 286 g/mol. The van der Waals surface area contributed by atoms with Crippen molar-refractivity contribution in [2.75, 3.05) is 6.61 Å². The van der Waals surface area contributed by atoms with E-state index in [-0.39, 0.29) is 12.2 Å². The number of nitro groups is 1. The van der Waals surface area contributed by atoms with Crippen molar-refractivity contribution in [3.8, 4) is 11.8 Å². The largest absolute Gasteiger partial charge is 0.462 e. The van der Waals surface area contributed by atoms with E-state index in [1.165, 1.54) is 6.92 Å². The Bertz CT molecular complexity index is 583. The molecule has 7 nitrogen and oxygen atoms in total. The third-order valence-corrected chi connectivity index (χ3v) is 2.10. The monoisotopic (exact) mass is 286 g/mol. The normalized spacial score (nSPS) is 9.95. The number of halogens is 2. The molecule has 1 rings (SSSR count). The predicted octanol–water partition coefficient (Wildman–Crippen LogP) is 2.24. The van der Waals surface area contributed by atoms with Crippen molar-refractivity contribution in [3.63, 3.8) is 0 Å². The van der Waals surface area contributed by atoms with Crippen LogP contribution in [0.5, 0.6) is 5.75 Å². The van der Waals surface area contributed by atoms with Gasteiger partial charge in [-0.25, -0.2) is 4.79 Å². The van der Waals surface area contributed by atoms with Gasteiger partial charge in [-0.15, -0.1) is 0 Å². The lowest BCUT2D eigenvalue weighted by atomic mass is 10.1. The number of benzene rings is 1. The highest BCUT2D eigenvalue weighted by Crippen LogP contribution is 2.34. The van der Waals surface area contributed by atoms with Crippen molar-refractivity contribution >= 4 is 11.7 Å². The minimum absolute atomic E-state index is 0.0719. The number of esters is 1. The Morgan fingerprint density at radius 1 is 1.55 bits per heavy atom. The van der Waals surface area contributed by atoms with Crippen LogP contribution in [0, 0.1) is 21.4 Å². The number of nitro benzene ring substituents is 1. The summed E-state index contributed by atoms with van der Waals surface area (Å²) in [5.41, 5.74) is -1.76. The molecule has 0 N–H and O–H groups in total. The molecular formula is C11H8F2N2O5. The lowest BCUT2D eigenvalue weighted by Crippen LogP contribution is -2.12. The highest BCUT2D eigenvalue weighted by Gasteiger charge is 2.28. The number of hydrogen-bond donors (Lipinski definition) is 0. The second-order valence-corrected chi connectivity index (χ2v) is 3.34. The Morgan fingerprint density at radius 3 is 2.65 bits per heavy atom. The van der Waals surface area contributed by atoms with Crippen LogP contribution in [0.25, 0.3) is 0 Å². The Kier molecular flexibility index (Phi) is 4.91. The van der Waals surface area contributed by atoms with E-state index < -0.39 is 34.5 Å². The minimum Gasteiger partial charge on any atom is -0.462 e. The highest BCUT2D eigenvalue weighted by atomic mass is 19.3. The summed E-state index contributed by atoms with van der Waals surface area (Å²) in [6.45, 7) is -1.97. The topological polar surface area (TPSA) is 102 Å². The first-order valence-electron chi connectivity index (χ1n) is 5.25. The number of nitrogens with zero attached hydrogens (tertiary/aromatic N) is 2. The molecule has 0 spiro atoms. The number of rotatable bonds is 5. The van der Waals surface area contributed by atoms with Crippen molar-refractivity contribution in [2.24, 2.45) is 0 Å². The molecule has 0 aliphatic rings. The van der Waals surface area contributed by atoms with Gasteiger partial charge in [-0.2, -0.15) is 14.0 Å². The zero-order valence-corrected chi connectivity index (χ0v) is 10.1. The minimum atomic E-state index is -3.37. The van der Waals surface area contributed by atoms with Gasteiger partial charge in [0.1, 0.15) is 5.56 Å². The van der Waals surface area contributed by atoms with Gasteiger partial charge in [-0.3, -0.25) is 10.1 Å². The van der Waals surface area contributed by atoms with Crippen molar-refractivity contribution in [2.45, 2.75) is 13.5 Å². The van der Waals surface area contributed by atoms with Crippen LogP contribution in [-0.4, -0.2) is 24.1 Å². The number of carbonyl (C=O) groups excluding carboxylic acids is 1. The summed E-state index contributed by atoms with van der Waals surface area (Å²) in [5.74, 6) is -2.02. The average Bonchev–Trinajstić information content (AvgIpc) is 2.38. The summed E-state index contributed by atoms with van der Waals surface area (Å²) in [4.78, 5) is 21.4. The summed E-state index contributed by atoms with van der Waals surface area (Å²) in [6.07, 6.45) is 0. The van der Waals surface area contributed by atoms with Crippen LogP contribution in [0.2, 0.25) is 0 Å². The quantitative estimate of drug-likeness (QED) is 0.467. The number of alkyl halides is 2. The smallest absolute Gasteiger partial charge is 0.387 e. The Hall–Kier alpha value is -2.76. The van der Waals surface area contributed by atoms with E-state index in [0.717, 1.165) is 12.1 Å². The first-order chi connectivity index (χ1) is 9.40. The van der Waals surface area contributed by atoms with Crippen LogP contribution in [0.1, 0.15) is 22.8 Å². The number of hydrogen-bond acceptors (Lipinski definition) is 6. The molecule has 0 bridgehead atoms. The fourth-order valence-corrected chi connectivity index (χ4v) is 1.39. The highest BCUT2D eigenvalue weighted by molar-refractivity contribution is 5.94. The molecule has 0 radical (unpaired) electrons. The molecule has 9 heteroatoms. The van der Waals surface area contributed by atoms with E-state index in [1.807, 2.05) is 0 Å². The SMILES string of the molecule is CCOC(=O)c1cc(C#N)cc([N+](=O)[O-])c1OC(F)F. The van der Waals surface area contributed by atoms with Gasteiger partial charge in [0.25, 0.3) is 0 Å². The third kappa shape index (κ3) is 3.38. The van der Waals surface area contributed by atoms with Crippen LogP contribution in [0.4, 0.5) is 14.5 Å². The molecule has 0 heterocycles. The Morgan fingerprint density at radius 2 is 2.20 bits per heavy atom. The number of ether oxygens (including phenoxy) is 2. The van der Waals surface area contributed by atoms with Gasteiger partial charge in [-0.1, -0.05) is 0 Å². The van der Waals surface area contributed by atoms with Crippen molar-refractivity contribution in [1.82, 2.24) is 0 Å². The molecular weight excluding hydrogens is 278 g/mol. The van der Waals surface area contributed by atoms with Gasteiger partial charge in [0.2, 0.25) is 5.75 Å². The van der Waals surface area contributed by atoms with E-state index in [9.17, 15) is 23.7 Å². The van der Waals surface area contributed by atoms with E-state index in [0.29, 0.717) is 0 Å². The van der Waals surface area contributed by atoms with Gasteiger partial charge in [0, 0.05) is 6.07 Å². The summed E-state index contributed by atoms with van der Waals surface area (Å²) in [7, 11) is 0. The fourth-order valence-electron chi connectivity index (χ4n) is 1.39. The van der Waals surface area contributed by atoms with Crippen LogP contribution in [0.15, 0.2) is 12.1 Å². The Balaban J connectivity index is 3.51. The molecule has 20 heavy (non-hydrogen) atoms. The van der Waals surface area contributed by atoms with Crippen molar-refractivity contribution in [1.29, 1.82) is 5.26 Å². The second-order valence-electron chi connectivity index (χ2n) is 3.34. The summed E-state index contributed by atoms with van der Waals surface area (Å²) >= 11 is 0. The standard InChI is InChI=1S/C11H8F2N2O5/c1-2-19-10(16)7-3-6(5-14)4-8(15(17)18)9(7)20-11(12)13/h3-4,11H,2H2,1H3. The molecule has 1 aromatic carbocycles. The molecule has 0 amide bonds. The molecule has 1 aromatic rings. The van der Waals surface area contributed by atoms with E-state index in [4.69, 9.17) is 5.26 Å². The van der Waals surface area contributed by atoms with E-state index in [2.05, 4.69) is 9.47 Å². The summed E-state index contributed by atoms with van der Waals surface area (Å²) in [5, 5.41) is 19.6. The second kappa shape index (κ2) is 6.42. The molecule has 0 unspecified atom stereocenters. The summed E-state index contributed by atoms with van der Waals surface area (Å²) in [6, 6.07) is 3.21.